The van der Waals surface area contributed by atoms with E-state index in [0.717, 1.165) is 33.9 Å². The molecule has 0 aromatic carbocycles. The number of nitrogens with two attached hydrogens (primary N) is 2. The maximum absolute atomic E-state index is 6.26. The van der Waals surface area contributed by atoms with Gasteiger partial charge in [-0.1, -0.05) is 18.7 Å². The molecule has 1 atom stereocenters. The van der Waals surface area contributed by atoms with Crippen LogP contribution in [0, 0.1) is 5.92 Å². The second-order valence-corrected chi connectivity index (χ2v) is 8.29. The normalized spacial score (nSPS) is 15.0. The number of pyridine rings is 1. The average molecular weight is 442 g/mol. The second kappa shape index (κ2) is 8.97. The molecule has 168 valence electrons. The van der Waals surface area contributed by atoms with Gasteiger partial charge in [-0.3, -0.25) is 14.1 Å². The van der Waals surface area contributed by atoms with E-state index in [9.17, 15) is 0 Å². The number of nitrogens with zero attached hydrogens (tertiary/aromatic N) is 7. The summed E-state index contributed by atoms with van der Waals surface area (Å²) in [6.45, 7) is 5.06. The van der Waals surface area contributed by atoms with Crippen LogP contribution >= 0.6 is 0 Å². The zero-order valence-corrected chi connectivity index (χ0v) is 18.3. The third-order valence-electron chi connectivity index (χ3n) is 5.91. The first-order valence-electron chi connectivity index (χ1n) is 11.0. The van der Waals surface area contributed by atoms with Crippen LogP contribution in [0.5, 0.6) is 0 Å². The molecule has 1 saturated carbocycles. The Labute approximate surface area is 192 Å². The highest BCUT2D eigenvalue weighted by molar-refractivity contribution is 5.74. The van der Waals surface area contributed by atoms with Crippen LogP contribution in [0.1, 0.15) is 30.1 Å². The lowest BCUT2D eigenvalue weighted by molar-refractivity contribution is 0.388. The van der Waals surface area contributed by atoms with Crippen molar-refractivity contribution in [3.8, 4) is 11.4 Å². The van der Waals surface area contributed by atoms with Gasteiger partial charge >= 0.3 is 0 Å². The fourth-order valence-corrected chi connectivity index (χ4v) is 4.06. The number of aromatic nitrogens is 6. The molecule has 0 saturated heterocycles. The highest BCUT2D eigenvalue weighted by atomic mass is 15.4. The van der Waals surface area contributed by atoms with E-state index in [0.29, 0.717) is 19.0 Å². The van der Waals surface area contributed by atoms with Crippen LogP contribution in [0.4, 0.5) is 0 Å². The summed E-state index contributed by atoms with van der Waals surface area (Å²) < 4.78 is 3.93. The minimum absolute atomic E-state index is 0.224. The predicted octanol–water partition coefficient (Wildman–Crippen LogP) is 2.80. The van der Waals surface area contributed by atoms with Crippen LogP contribution in [-0.4, -0.2) is 40.7 Å². The molecule has 1 aliphatic rings. The average Bonchev–Trinajstić information content (AvgIpc) is 3.34. The number of hydrogen-bond donors (Lipinski definition) is 2. The molecule has 4 aromatic heterocycles. The van der Waals surface area contributed by atoms with Crippen molar-refractivity contribution in [2.75, 3.05) is 6.54 Å². The molecule has 33 heavy (non-hydrogen) atoms. The van der Waals surface area contributed by atoms with E-state index < -0.39 is 0 Å². The van der Waals surface area contributed by atoms with E-state index >= 15 is 0 Å². The predicted molar refractivity (Wildman–Crippen MR) is 127 cm³/mol. The molecule has 4 heterocycles. The van der Waals surface area contributed by atoms with Gasteiger partial charge in [0.05, 0.1) is 30.0 Å². The van der Waals surface area contributed by atoms with Crippen molar-refractivity contribution in [1.82, 2.24) is 34.1 Å². The fourth-order valence-electron chi connectivity index (χ4n) is 4.06. The quantitative estimate of drug-likeness (QED) is 0.233. The van der Waals surface area contributed by atoms with Crippen molar-refractivity contribution in [1.29, 1.82) is 0 Å². The molecule has 1 fully saturated rings. The summed E-state index contributed by atoms with van der Waals surface area (Å²) in [5, 5.41) is 6.20. The van der Waals surface area contributed by atoms with Gasteiger partial charge in [0, 0.05) is 55.4 Å². The number of imidazole rings is 1. The Bertz CT molecular complexity index is 1280. The van der Waals surface area contributed by atoms with Crippen LogP contribution in [0.3, 0.4) is 0 Å². The monoisotopic (exact) mass is 441 g/mol. The lowest BCUT2D eigenvalue weighted by Gasteiger charge is -2.16. The Morgan fingerprint density at radius 2 is 2.18 bits per heavy atom. The molecule has 9 heteroatoms. The molecule has 0 spiro atoms. The van der Waals surface area contributed by atoms with Gasteiger partial charge in [0.1, 0.15) is 11.5 Å². The Morgan fingerprint density at radius 3 is 2.91 bits per heavy atom. The van der Waals surface area contributed by atoms with E-state index in [1.807, 2.05) is 52.1 Å². The molecule has 0 radical (unpaired) electrons. The lowest BCUT2D eigenvalue weighted by atomic mass is 10.1. The maximum Gasteiger partial charge on any atom is 0.149 e. The van der Waals surface area contributed by atoms with E-state index in [1.165, 1.54) is 12.8 Å². The summed E-state index contributed by atoms with van der Waals surface area (Å²) >= 11 is 0. The van der Waals surface area contributed by atoms with Gasteiger partial charge in [0.15, 0.2) is 0 Å². The van der Waals surface area contributed by atoms with Crippen LogP contribution in [0.15, 0.2) is 74.2 Å². The standard InChI is InChI=1S/C24H27N9/c1-2-18(15-31(26)14-17-4-3-7-27-12-17)21-10-23-28-8-9-32(23)24(30-21)20-13-29-33(16-20)22(11-25)19-5-6-19/h2-4,7-10,12-13,15-16,19,22H,1,5-6,11,14,25-26H2/b18-15+. The zero-order chi connectivity index (χ0) is 22.8. The molecule has 0 amide bonds. The SMILES string of the molecule is C=C/C(=C\N(N)Cc1cccnc1)c1cc2nccn2c(-c2cnn(C(CN)C3CC3)c2)n1. The largest absolute Gasteiger partial charge is 0.328 e. The molecule has 5 rings (SSSR count). The topological polar surface area (TPSA) is 116 Å². The minimum Gasteiger partial charge on any atom is -0.328 e. The molecule has 1 unspecified atom stereocenters. The van der Waals surface area contributed by atoms with Gasteiger partial charge in [-0.25, -0.2) is 15.8 Å². The summed E-state index contributed by atoms with van der Waals surface area (Å²) in [6.07, 6.45) is 17.0. The van der Waals surface area contributed by atoms with Crippen molar-refractivity contribution in [2.24, 2.45) is 17.5 Å². The Morgan fingerprint density at radius 1 is 1.30 bits per heavy atom. The van der Waals surface area contributed by atoms with Crippen LogP contribution < -0.4 is 11.6 Å². The lowest BCUT2D eigenvalue weighted by Crippen LogP contribution is -2.24. The summed E-state index contributed by atoms with van der Waals surface area (Å²) in [5.74, 6) is 7.62. The Balaban J connectivity index is 1.49. The van der Waals surface area contributed by atoms with Crippen LogP contribution in [-0.2, 0) is 6.54 Å². The molecular weight excluding hydrogens is 414 g/mol. The number of hydrogen-bond acceptors (Lipinski definition) is 7. The molecule has 4 aromatic rings. The molecule has 1 aliphatic carbocycles. The van der Waals surface area contributed by atoms with E-state index in [1.54, 1.807) is 29.7 Å². The van der Waals surface area contributed by atoms with E-state index in [2.05, 4.69) is 21.6 Å². The summed E-state index contributed by atoms with van der Waals surface area (Å²) in [5.41, 5.74) is 10.2. The number of allylic oxidation sites excluding steroid dienone is 2. The molecule has 0 bridgehead atoms. The number of hydrazine groups is 1. The third kappa shape index (κ3) is 4.41. The van der Waals surface area contributed by atoms with Gasteiger partial charge in [-0.05, 0) is 30.4 Å². The third-order valence-corrected chi connectivity index (χ3v) is 5.91. The number of rotatable bonds is 9. The molecule has 9 nitrogen and oxygen atoms in total. The highest BCUT2D eigenvalue weighted by Gasteiger charge is 2.32. The van der Waals surface area contributed by atoms with E-state index in [-0.39, 0.29) is 6.04 Å². The van der Waals surface area contributed by atoms with Gasteiger partial charge < -0.3 is 10.7 Å². The van der Waals surface area contributed by atoms with Crippen molar-refractivity contribution < 1.29 is 0 Å². The fraction of sp³-hybridized carbons (Fsp3) is 0.250. The smallest absolute Gasteiger partial charge is 0.149 e. The Kier molecular flexibility index (Phi) is 5.72. The number of fused-ring (bicyclic) bond motifs is 1. The molecular formula is C24H27N9. The van der Waals surface area contributed by atoms with Crippen molar-refractivity contribution >= 4 is 11.2 Å². The van der Waals surface area contributed by atoms with Crippen molar-refractivity contribution in [3.05, 3.63) is 85.5 Å². The molecule has 4 N–H and O–H groups in total. The minimum atomic E-state index is 0.224. The van der Waals surface area contributed by atoms with E-state index in [4.69, 9.17) is 16.6 Å². The maximum atomic E-state index is 6.26. The van der Waals surface area contributed by atoms with Crippen molar-refractivity contribution in [2.45, 2.75) is 25.4 Å². The summed E-state index contributed by atoms with van der Waals surface area (Å²) in [7, 11) is 0. The van der Waals surface area contributed by atoms with Gasteiger partial charge in [-0.15, -0.1) is 0 Å². The van der Waals surface area contributed by atoms with Crippen LogP contribution in [0.25, 0.3) is 22.6 Å². The van der Waals surface area contributed by atoms with Gasteiger partial charge in [0.25, 0.3) is 0 Å². The second-order valence-electron chi connectivity index (χ2n) is 8.29. The summed E-state index contributed by atoms with van der Waals surface area (Å²) in [4.78, 5) is 13.6. The Hall–Kier alpha value is -3.82. The first-order chi connectivity index (χ1) is 16.2. The van der Waals surface area contributed by atoms with Gasteiger partial charge in [0.2, 0.25) is 0 Å². The first-order valence-corrected chi connectivity index (χ1v) is 11.0. The zero-order valence-electron chi connectivity index (χ0n) is 18.3. The van der Waals surface area contributed by atoms with Crippen molar-refractivity contribution in [3.63, 3.8) is 0 Å². The molecule has 0 aliphatic heterocycles. The summed E-state index contributed by atoms with van der Waals surface area (Å²) in [6, 6.07) is 6.02. The highest BCUT2D eigenvalue weighted by Crippen LogP contribution is 2.39. The van der Waals surface area contributed by atoms with Gasteiger partial charge in [-0.2, -0.15) is 5.10 Å². The first kappa shape index (κ1) is 21.0. The van der Waals surface area contributed by atoms with Crippen LogP contribution in [0.2, 0.25) is 0 Å².